The first-order chi connectivity index (χ1) is 10.6. The quantitative estimate of drug-likeness (QED) is 0.853. The van der Waals surface area contributed by atoms with Gasteiger partial charge in [0.1, 0.15) is 5.78 Å². The van der Waals surface area contributed by atoms with Crippen molar-refractivity contribution in [3.05, 3.63) is 58.9 Å². The van der Waals surface area contributed by atoms with E-state index >= 15 is 0 Å². The lowest BCUT2D eigenvalue weighted by Gasteiger charge is -2.37. The largest absolute Gasteiger partial charge is 0.466 e. The van der Waals surface area contributed by atoms with Gasteiger partial charge in [0.05, 0.1) is 18.6 Å². The van der Waals surface area contributed by atoms with Crippen LogP contribution in [0.4, 0.5) is 0 Å². The molecule has 1 aromatic rings. The molecule has 0 fully saturated rings. The molecular weight excluding hydrogens is 278 g/mol. The lowest BCUT2D eigenvalue weighted by atomic mass is 9.71. The molecule has 0 saturated carbocycles. The number of hydrogen-bond acceptors (Lipinski definition) is 4. The molecule has 2 unspecified atom stereocenters. The molecular formula is C18H19NO3. The molecule has 1 N–H and O–H groups in total. The van der Waals surface area contributed by atoms with E-state index in [4.69, 9.17) is 4.74 Å². The van der Waals surface area contributed by atoms with Crippen LogP contribution in [-0.2, 0) is 14.3 Å². The van der Waals surface area contributed by atoms with E-state index in [1.54, 1.807) is 0 Å². The molecule has 2 aliphatic rings. The Kier molecular flexibility index (Phi) is 3.84. The van der Waals surface area contributed by atoms with Crippen LogP contribution in [0.25, 0.3) is 0 Å². The predicted octanol–water partition coefficient (Wildman–Crippen LogP) is 2.68. The Morgan fingerprint density at radius 2 is 1.95 bits per heavy atom. The van der Waals surface area contributed by atoms with Crippen LogP contribution in [0.5, 0.6) is 0 Å². The molecule has 4 heteroatoms. The minimum atomic E-state index is -0.378. The average molecular weight is 297 g/mol. The van der Waals surface area contributed by atoms with Gasteiger partial charge in [-0.25, -0.2) is 4.79 Å². The molecule has 1 aliphatic heterocycles. The fourth-order valence-corrected chi connectivity index (χ4v) is 3.41. The van der Waals surface area contributed by atoms with Gasteiger partial charge >= 0.3 is 5.97 Å². The third kappa shape index (κ3) is 2.34. The number of Topliss-reactive ketones (excluding diaryl/α,β-unsaturated/α-hetero) is 1. The van der Waals surface area contributed by atoms with Crippen molar-refractivity contribution in [3.8, 4) is 0 Å². The number of carbonyl (C=O) groups excluding carboxylic acids is 2. The number of esters is 1. The number of rotatable bonds is 2. The molecule has 2 atom stereocenters. The van der Waals surface area contributed by atoms with Gasteiger partial charge in [-0.3, -0.25) is 4.79 Å². The number of benzene rings is 1. The summed E-state index contributed by atoms with van der Waals surface area (Å²) in [5, 5.41) is 3.23. The smallest absolute Gasteiger partial charge is 0.336 e. The number of hydrogen-bond donors (Lipinski definition) is 1. The van der Waals surface area contributed by atoms with Crippen molar-refractivity contribution >= 4 is 11.8 Å². The fraction of sp³-hybridized carbons (Fsp3) is 0.333. The summed E-state index contributed by atoms with van der Waals surface area (Å²) in [5.41, 5.74) is 3.19. The van der Waals surface area contributed by atoms with E-state index in [1.807, 2.05) is 37.3 Å². The second-order valence-corrected chi connectivity index (χ2v) is 5.69. The summed E-state index contributed by atoms with van der Waals surface area (Å²) in [6, 6.07) is 9.71. The van der Waals surface area contributed by atoms with Crippen molar-refractivity contribution in [2.45, 2.75) is 25.7 Å². The Hall–Kier alpha value is -2.36. The fourth-order valence-electron chi connectivity index (χ4n) is 3.41. The van der Waals surface area contributed by atoms with Crippen molar-refractivity contribution in [2.75, 3.05) is 7.11 Å². The monoisotopic (exact) mass is 297 g/mol. The molecule has 0 amide bonds. The van der Waals surface area contributed by atoms with Gasteiger partial charge in [0.2, 0.25) is 0 Å². The summed E-state index contributed by atoms with van der Waals surface area (Å²) < 4.78 is 4.96. The van der Waals surface area contributed by atoms with Gasteiger partial charge in [-0.2, -0.15) is 0 Å². The normalized spacial score (nSPS) is 24.3. The Bertz CT molecular complexity index is 673. The van der Waals surface area contributed by atoms with Crippen molar-refractivity contribution in [2.24, 2.45) is 5.92 Å². The zero-order valence-corrected chi connectivity index (χ0v) is 12.8. The maximum atomic E-state index is 12.5. The third-order valence-electron chi connectivity index (χ3n) is 4.38. The molecule has 0 bridgehead atoms. The van der Waals surface area contributed by atoms with E-state index in [-0.39, 0.29) is 23.6 Å². The minimum Gasteiger partial charge on any atom is -0.466 e. The van der Waals surface area contributed by atoms with Crippen molar-refractivity contribution in [3.63, 3.8) is 0 Å². The molecule has 1 aromatic carbocycles. The molecule has 114 valence electrons. The number of ether oxygens (including phenoxy) is 1. The van der Waals surface area contributed by atoms with Gasteiger partial charge in [-0.15, -0.1) is 0 Å². The molecule has 3 rings (SSSR count). The summed E-state index contributed by atoms with van der Waals surface area (Å²) in [5.74, 6) is -0.813. The lowest BCUT2D eigenvalue weighted by Crippen LogP contribution is -2.40. The number of fused-ring (bicyclic) bond motifs is 1. The van der Waals surface area contributed by atoms with Crippen LogP contribution in [0.3, 0.4) is 0 Å². The zero-order valence-electron chi connectivity index (χ0n) is 12.8. The molecule has 0 saturated heterocycles. The zero-order chi connectivity index (χ0) is 15.7. The molecule has 4 nitrogen and oxygen atoms in total. The summed E-state index contributed by atoms with van der Waals surface area (Å²) in [4.78, 5) is 24.8. The maximum Gasteiger partial charge on any atom is 0.336 e. The predicted molar refractivity (Wildman–Crippen MR) is 82.8 cm³/mol. The van der Waals surface area contributed by atoms with Crippen LogP contribution in [0, 0.1) is 5.92 Å². The van der Waals surface area contributed by atoms with Gasteiger partial charge in [-0.05, 0) is 18.9 Å². The lowest BCUT2D eigenvalue weighted by molar-refractivity contribution is -0.136. The molecule has 0 aromatic heterocycles. The van der Waals surface area contributed by atoms with E-state index in [2.05, 4.69) is 11.4 Å². The summed E-state index contributed by atoms with van der Waals surface area (Å²) in [7, 11) is 1.37. The van der Waals surface area contributed by atoms with Crippen LogP contribution >= 0.6 is 0 Å². The van der Waals surface area contributed by atoms with Crippen LogP contribution in [0.1, 0.15) is 31.2 Å². The highest BCUT2D eigenvalue weighted by Gasteiger charge is 2.42. The van der Waals surface area contributed by atoms with Crippen LogP contribution in [0.2, 0.25) is 0 Å². The molecule has 0 spiro atoms. The standard InChI is InChI=1S/C18H19NO3/c1-11-15(18(21)22-2)16(12-7-4-3-5-8-12)17-13(19-11)9-6-10-14(17)20/h3-5,7-9,16-17,19H,6,10H2,1-2H3. The first kappa shape index (κ1) is 14.6. The third-order valence-corrected chi connectivity index (χ3v) is 4.38. The van der Waals surface area contributed by atoms with Crippen LogP contribution in [-0.4, -0.2) is 18.9 Å². The van der Waals surface area contributed by atoms with Gasteiger partial charge in [-0.1, -0.05) is 36.4 Å². The summed E-state index contributed by atoms with van der Waals surface area (Å²) >= 11 is 0. The number of carbonyl (C=O) groups is 2. The highest BCUT2D eigenvalue weighted by molar-refractivity contribution is 5.96. The SMILES string of the molecule is COC(=O)C1=C(C)NC2=CCCC(=O)C2C1c1ccccc1. The van der Waals surface area contributed by atoms with Crippen LogP contribution < -0.4 is 5.32 Å². The van der Waals surface area contributed by atoms with E-state index in [0.29, 0.717) is 12.0 Å². The van der Waals surface area contributed by atoms with E-state index < -0.39 is 0 Å². The van der Waals surface area contributed by atoms with Crippen molar-refractivity contribution < 1.29 is 14.3 Å². The molecule has 0 radical (unpaired) electrons. The second-order valence-electron chi connectivity index (χ2n) is 5.69. The van der Waals surface area contributed by atoms with E-state index in [0.717, 1.165) is 23.4 Å². The van der Waals surface area contributed by atoms with E-state index in [9.17, 15) is 9.59 Å². The minimum absolute atomic E-state index is 0.174. The Morgan fingerprint density at radius 1 is 1.23 bits per heavy atom. The van der Waals surface area contributed by atoms with Gasteiger partial charge in [0.15, 0.2) is 0 Å². The summed E-state index contributed by atoms with van der Waals surface area (Å²) in [6.45, 7) is 1.86. The van der Waals surface area contributed by atoms with E-state index in [1.165, 1.54) is 7.11 Å². The Morgan fingerprint density at radius 3 is 2.64 bits per heavy atom. The first-order valence-electron chi connectivity index (χ1n) is 7.47. The highest BCUT2D eigenvalue weighted by Crippen LogP contribution is 2.43. The molecule has 22 heavy (non-hydrogen) atoms. The second kappa shape index (κ2) is 5.79. The Labute approximate surface area is 129 Å². The first-order valence-corrected chi connectivity index (χ1v) is 7.47. The highest BCUT2D eigenvalue weighted by atomic mass is 16.5. The van der Waals surface area contributed by atoms with Crippen LogP contribution in [0.15, 0.2) is 53.4 Å². The summed E-state index contributed by atoms with van der Waals surface area (Å²) in [6.07, 6.45) is 3.34. The van der Waals surface area contributed by atoms with Crippen molar-refractivity contribution in [1.29, 1.82) is 0 Å². The number of nitrogens with one attached hydrogen (secondary N) is 1. The number of ketones is 1. The topological polar surface area (TPSA) is 55.4 Å². The number of allylic oxidation sites excluding steroid dienone is 3. The van der Waals surface area contributed by atoms with Gasteiger partial charge in [0, 0.05) is 23.7 Å². The Balaban J connectivity index is 2.18. The molecule has 1 heterocycles. The van der Waals surface area contributed by atoms with Gasteiger partial charge in [0.25, 0.3) is 0 Å². The van der Waals surface area contributed by atoms with Crippen molar-refractivity contribution in [1.82, 2.24) is 5.32 Å². The van der Waals surface area contributed by atoms with Gasteiger partial charge < -0.3 is 10.1 Å². The molecule has 1 aliphatic carbocycles. The number of methoxy groups -OCH3 is 1. The average Bonchev–Trinajstić information content (AvgIpc) is 2.54. The maximum absolute atomic E-state index is 12.5.